The van der Waals surface area contributed by atoms with Crippen LogP contribution in [0, 0.1) is 0 Å². The molecule has 1 heterocycles. The Hall–Kier alpha value is -0.950. The molecule has 0 radical (unpaired) electrons. The molecule has 0 saturated carbocycles. The predicted octanol–water partition coefficient (Wildman–Crippen LogP) is 1.61. The fourth-order valence-corrected chi connectivity index (χ4v) is 3.33. The molecule has 0 aliphatic carbocycles. The van der Waals surface area contributed by atoms with Crippen molar-refractivity contribution in [2.75, 3.05) is 31.8 Å². The lowest BCUT2D eigenvalue weighted by Crippen LogP contribution is -2.48. The second kappa shape index (κ2) is 9.25. The maximum absolute atomic E-state index is 12.5. The van der Waals surface area contributed by atoms with Crippen molar-refractivity contribution < 1.29 is 9.59 Å². The summed E-state index contributed by atoms with van der Waals surface area (Å²) in [6, 6.07) is 6.32. The third-order valence-corrected chi connectivity index (χ3v) is 4.48. The fraction of sp³-hybridized carbons (Fsp3) is 0.429. The molecule has 5 nitrogen and oxygen atoms in total. The Labute approximate surface area is 145 Å². The molecule has 1 aliphatic heterocycles. The number of hydrogen-bond donors (Lipinski definition) is 2. The van der Waals surface area contributed by atoms with Gasteiger partial charge in [0.25, 0.3) is 5.91 Å². The molecule has 0 spiro atoms. The van der Waals surface area contributed by atoms with Crippen molar-refractivity contribution in [3.63, 3.8) is 0 Å². The number of nitrogens with one attached hydrogen (secondary N) is 2. The number of thioether (sulfide) groups is 1. The predicted molar refractivity (Wildman–Crippen MR) is 92.9 cm³/mol. The van der Waals surface area contributed by atoms with Crippen LogP contribution in [0.5, 0.6) is 0 Å². The van der Waals surface area contributed by atoms with E-state index in [1.807, 2.05) is 7.05 Å². The highest BCUT2D eigenvalue weighted by Gasteiger charge is 2.34. The van der Waals surface area contributed by atoms with E-state index in [-0.39, 0.29) is 24.2 Å². The van der Waals surface area contributed by atoms with Gasteiger partial charge in [0.1, 0.15) is 6.04 Å². The number of rotatable bonds is 5. The van der Waals surface area contributed by atoms with E-state index in [4.69, 9.17) is 11.6 Å². The summed E-state index contributed by atoms with van der Waals surface area (Å²) in [5, 5.41) is 6.39. The van der Waals surface area contributed by atoms with Gasteiger partial charge in [-0.2, -0.15) is 0 Å². The Morgan fingerprint density at radius 1 is 1.32 bits per heavy atom. The lowest BCUT2D eigenvalue weighted by molar-refractivity contribution is -0.124. The van der Waals surface area contributed by atoms with Crippen LogP contribution in [-0.2, 0) is 4.79 Å². The van der Waals surface area contributed by atoms with Gasteiger partial charge in [0.2, 0.25) is 5.91 Å². The number of halogens is 2. The highest BCUT2D eigenvalue weighted by atomic mass is 35.5. The van der Waals surface area contributed by atoms with Crippen LogP contribution >= 0.6 is 35.8 Å². The maximum Gasteiger partial charge on any atom is 0.255 e. The van der Waals surface area contributed by atoms with Crippen molar-refractivity contribution in [1.29, 1.82) is 0 Å². The van der Waals surface area contributed by atoms with Crippen LogP contribution in [-0.4, -0.2) is 54.5 Å². The molecule has 22 heavy (non-hydrogen) atoms. The van der Waals surface area contributed by atoms with Crippen LogP contribution in [0.25, 0.3) is 0 Å². The van der Waals surface area contributed by atoms with Crippen molar-refractivity contribution in [1.82, 2.24) is 15.5 Å². The largest absolute Gasteiger partial charge is 0.353 e. The molecule has 0 aromatic heterocycles. The van der Waals surface area contributed by atoms with Crippen molar-refractivity contribution >= 4 is 47.6 Å². The zero-order valence-electron chi connectivity index (χ0n) is 12.2. The summed E-state index contributed by atoms with van der Waals surface area (Å²) in [4.78, 5) is 26.2. The van der Waals surface area contributed by atoms with Gasteiger partial charge in [-0.1, -0.05) is 11.6 Å². The topological polar surface area (TPSA) is 61.4 Å². The van der Waals surface area contributed by atoms with E-state index in [9.17, 15) is 9.59 Å². The van der Waals surface area contributed by atoms with Gasteiger partial charge in [-0.25, -0.2) is 0 Å². The fourth-order valence-electron chi connectivity index (χ4n) is 2.05. The molecule has 122 valence electrons. The molecule has 1 unspecified atom stereocenters. The number of nitrogens with zero attached hydrogens (tertiary/aromatic N) is 1. The minimum absolute atomic E-state index is 0. The third-order valence-electron chi connectivity index (χ3n) is 3.21. The lowest BCUT2D eigenvalue weighted by atomic mass is 10.1. The second-order valence-electron chi connectivity index (χ2n) is 4.69. The Morgan fingerprint density at radius 3 is 2.64 bits per heavy atom. The van der Waals surface area contributed by atoms with Crippen molar-refractivity contribution in [3.8, 4) is 0 Å². The summed E-state index contributed by atoms with van der Waals surface area (Å²) in [7, 11) is 1.83. The Bertz CT molecular complexity index is 513. The van der Waals surface area contributed by atoms with Crippen molar-refractivity contribution in [3.05, 3.63) is 34.9 Å². The summed E-state index contributed by atoms with van der Waals surface area (Å²) >= 11 is 7.41. The van der Waals surface area contributed by atoms with Gasteiger partial charge >= 0.3 is 0 Å². The lowest BCUT2D eigenvalue weighted by Gasteiger charge is -2.23. The number of carbonyl (C=O) groups is 2. The first-order chi connectivity index (χ1) is 10.1. The van der Waals surface area contributed by atoms with Gasteiger partial charge in [0, 0.05) is 29.4 Å². The second-order valence-corrected chi connectivity index (χ2v) is 6.13. The number of carbonyl (C=O) groups excluding carboxylic acids is 2. The summed E-state index contributed by atoms with van der Waals surface area (Å²) in [6.45, 7) is 1.26. The first kappa shape index (κ1) is 19.1. The Morgan fingerprint density at radius 2 is 2.00 bits per heavy atom. The molecule has 2 amide bonds. The van der Waals surface area contributed by atoms with Crippen LogP contribution in [0.15, 0.2) is 24.3 Å². The van der Waals surface area contributed by atoms with Crippen LogP contribution in [0.3, 0.4) is 0 Å². The van der Waals surface area contributed by atoms with E-state index < -0.39 is 6.04 Å². The molecule has 2 rings (SSSR count). The summed E-state index contributed by atoms with van der Waals surface area (Å²) in [6.07, 6.45) is 0. The molecule has 1 fully saturated rings. The normalized spacial score (nSPS) is 17.0. The zero-order chi connectivity index (χ0) is 15.2. The van der Waals surface area contributed by atoms with Crippen LogP contribution in [0.4, 0.5) is 0 Å². The standard InChI is InChI=1S/C14H18ClN3O2S.ClH/c1-16-6-7-17-13(19)12-8-21-9-18(12)14(20)10-2-4-11(15)5-3-10;/h2-5,12,16H,6-9H2,1H3,(H,17,19);1H. The monoisotopic (exact) mass is 363 g/mol. The first-order valence-corrected chi connectivity index (χ1v) is 8.23. The molecule has 8 heteroatoms. The zero-order valence-corrected chi connectivity index (χ0v) is 14.6. The van der Waals surface area contributed by atoms with E-state index in [2.05, 4.69) is 10.6 Å². The molecule has 1 saturated heterocycles. The summed E-state index contributed by atoms with van der Waals surface area (Å²) < 4.78 is 0. The Balaban J connectivity index is 0.00000242. The number of likely N-dealkylation sites (N-methyl/N-ethyl adjacent to an activating group) is 1. The van der Waals surface area contributed by atoms with Crippen molar-refractivity contribution in [2.24, 2.45) is 0 Å². The summed E-state index contributed by atoms with van der Waals surface area (Å²) in [5.41, 5.74) is 0.551. The van der Waals surface area contributed by atoms with Gasteiger partial charge in [-0.3, -0.25) is 9.59 Å². The highest BCUT2D eigenvalue weighted by molar-refractivity contribution is 7.99. The molecule has 2 N–H and O–H groups in total. The van der Waals surface area contributed by atoms with E-state index in [1.54, 1.807) is 40.9 Å². The molecular weight excluding hydrogens is 345 g/mol. The van der Waals surface area contributed by atoms with Gasteiger partial charge in [-0.15, -0.1) is 24.2 Å². The number of benzene rings is 1. The van der Waals surface area contributed by atoms with Gasteiger partial charge < -0.3 is 15.5 Å². The molecule has 1 aromatic rings. The van der Waals surface area contributed by atoms with Crippen LogP contribution in [0.2, 0.25) is 5.02 Å². The number of hydrogen-bond acceptors (Lipinski definition) is 4. The van der Waals surface area contributed by atoms with E-state index in [1.165, 1.54) is 0 Å². The number of amides is 2. The smallest absolute Gasteiger partial charge is 0.255 e. The first-order valence-electron chi connectivity index (χ1n) is 6.70. The summed E-state index contributed by atoms with van der Waals surface area (Å²) in [5.74, 6) is 0.930. The molecule has 0 bridgehead atoms. The van der Waals surface area contributed by atoms with Gasteiger partial charge in [0.05, 0.1) is 5.88 Å². The van der Waals surface area contributed by atoms with Crippen molar-refractivity contribution in [2.45, 2.75) is 6.04 Å². The molecule has 1 aliphatic rings. The Kier molecular flexibility index (Phi) is 8.03. The van der Waals surface area contributed by atoms with E-state index >= 15 is 0 Å². The van der Waals surface area contributed by atoms with E-state index in [0.717, 1.165) is 0 Å². The maximum atomic E-state index is 12.5. The minimum atomic E-state index is -0.407. The highest BCUT2D eigenvalue weighted by Crippen LogP contribution is 2.23. The van der Waals surface area contributed by atoms with Gasteiger partial charge in [0.15, 0.2) is 0 Å². The molecular formula is C14H19Cl2N3O2S. The third kappa shape index (κ3) is 4.78. The minimum Gasteiger partial charge on any atom is -0.353 e. The molecule has 1 aromatic carbocycles. The quantitative estimate of drug-likeness (QED) is 0.780. The SMILES string of the molecule is CNCCNC(=O)C1CSCN1C(=O)c1ccc(Cl)cc1.Cl. The van der Waals surface area contributed by atoms with E-state index in [0.29, 0.717) is 35.3 Å². The van der Waals surface area contributed by atoms with Crippen LogP contribution in [0.1, 0.15) is 10.4 Å². The average Bonchev–Trinajstić information content (AvgIpc) is 2.97. The average molecular weight is 364 g/mol. The van der Waals surface area contributed by atoms with Gasteiger partial charge in [-0.05, 0) is 31.3 Å². The molecule has 1 atom stereocenters. The van der Waals surface area contributed by atoms with Crippen LogP contribution < -0.4 is 10.6 Å².